The van der Waals surface area contributed by atoms with E-state index in [0.29, 0.717) is 29.8 Å². The lowest BCUT2D eigenvalue weighted by Crippen LogP contribution is -2.58. The van der Waals surface area contributed by atoms with E-state index >= 15 is 0 Å². The van der Waals surface area contributed by atoms with Gasteiger partial charge in [0, 0.05) is 30.2 Å². The summed E-state index contributed by atoms with van der Waals surface area (Å²) in [5.74, 6) is 0.0186. The van der Waals surface area contributed by atoms with E-state index in [0.717, 1.165) is 24.7 Å². The van der Waals surface area contributed by atoms with E-state index in [9.17, 15) is 13.2 Å². The van der Waals surface area contributed by atoms with E-state index in [1.54, 1.807) is 28.2 Å². The van der Waals surface area contributed by atoms with Crippen molar-refractivity contribution in [1.29, 1.82) is 5.26 Å². The quantitative estimate of drug-likeness (QED) is 0.282. The van der Waals surface area contributed by atoms with Crippen molar-refractivity contribution in [3.8, 4) is 6.19 Å². The van der Waals surface area contributed by atoms with Crippen molar-refractivity contribution in [1.82, 2.24) is 19.5 Å². The van der Waals surface area contributed by atoms with Gasteiger partial charge in [-0.15, -0.1) is 4.99 Å². The molecule has 0 spiro atoms. The lowest BCUT2D eigenvalue weighted by molar-refractivity contribution is -0.135. The number of piperazine rings is 1. The highest BCUT2D eigenvalue weighted by atomic mass is 35.5. The molecular formula is C20H26ClN7O3S. The Labute approximate surface area is 193 Å². The first-order valence-electron chi connectivity index (χ1n) is 10.3. The number of nitrogens with zero attached hydrogens (tertiary/aromatic N) is 6. The molecule has 3 rings (SSSR count). The summed E-state index contributed by atoms with van der Waals surface area (Å²) < 4.78 is 24.9. The standard InChI is InChI=1S/C20H26ClN7O3S/c1-3-4-9-23-20(24-14-22)28-12-17(19(25-28)15-5-7-16(21)8-6-15)27-11-10-26(13-18(27)29)32(2,30)31/h5-8,17H,3-4,9-13H2,1-2H3,(H,23,24). The number of benzene rings is 1. The maximum atomic E-state index is 12.9. The maximum absolute atomic E-state index is 12.9. The van der Waals surface area contributed by atoms with Crippen LogP contribution >= 0.6 is 11.6 Å². The number of amides is 1. The number of guanidine groups is 1. The molecule has 1 aromatic rings. The van der Waals surface area contributed by atoms with Crippen LogP contribution in [0.25, 0.3) is 0 Å². The third kappa shape index (κ3) is 5.56. The molecular weight excluding hydrogens is 454 g/mol. The van der Waals surface area contributed by atoms with Crippen LogP contribution in [0.2, 0.25) is 5.02 Å². The molecule has 32 heavy (non-hydrogen) atoms. The Morgan fingerprint density at radius 1 is 1.34 bits per heavy atom. The number of rotatable bonds is 6. The molecule has 0 aliphatic carbocycles. The zero-order valence-corrected chi connectivity index (χ0v) is 19.6. The number of hydrazone groups is 1. The van der Waals surface area contributed by atoms with E-state index < -0.39 is 16.1 Å². The molecule has 172 valence electrons. The molecule has 0 radical (unpaired) electrons. The topological polar surface area (TPSA) is 121 Å². The average molecular weight is 480 g/mol. The molecule has 2 heterocycles. The zero-order valence-electron chi connectivity index (χ0n) is 18.0. The molecule has 0 saturated carbocycles. The zero-order chi connectivity index (χ0) is 23.3. The van der Waals surface area contributed by atoms with Gasteiger partial charge in [0.1, 0.15) is 0 Å². The van der Waals surface area contributed by atoms with Crippen molar-refractivity contribution >= 4 is 39.2 Å². The van der Waals surface area contributed by atoms with Crippen molar-refractivity contribution in [3.63, 3.8) is 0 Å². The van der Waals surface area contributed by atoms with Gasteiger partial charge in [-0.25, -0.2) is 13.4 Å². The summed E-state index contributed by atoms with van der Waals surface area (Å²) in [6.45, 7) is 3.23. The lowest BCUT2D eigenvalue weighted by atomic mass is 10.0. The Morgan fingerprint density at radius 2 is 2.06 bits per heavy atom. The molecule has 1 aromatic carbocycles. The Balaban J connectivity index is 1.90. The largest absolute Gasteiger partial charge is 0.354 e. The molecule has 1 atom stereocenters. The molecule has 0 aromatic heterocycles. The van der Waals surface area contributed by atoms with Gasteiger partial charge in [-0.2, -0.15) is 14.7 Å². The van der Waals surface area contributed by atoms with E-state index in [1.807, 2.05) is 12.1 Å². The van der Waals surface area contributed by atoms with Gasteiger partial charge in [0.15, 0.2) is 0 Å². The summed E-state index contributed by atoms with van der Waals surface area (Å²) in [5, 5.41) is 19.1. The minimum Gasteiger partial charge on any atom is -0.354 e. The number of unbranched alkanes of at least 4 members (excludes halogenated alkanes) is 1. The van der Waals surface area contributed by atoms with E-state index in [4.69, 9.17) is 16.9 Å². The Bertz CT molecular complexity index is 1050. The van der Waals surface area contributed by atoms with Gasteiger partial charge in [0.2, 0.25) is 28.1 Å². The number of carbonyl (C=O) groups excluding carboxylic acids is 1. The van der Waals surface area contributed by atoms with Crippen LogP contribution in [-0.4, -0.2) is 85.2 Å². The fraction of sp³-hybridized carbons (Fsp3) is 0.500. The number of sulfonamides is 1. The van der Waals surface area contributed by atoms with Gasteiger partial charge in [-0.3, -0.25) is 4.79 Å². The fourth-order valence-corrected chi connectivity index (χ4v) is 4.51. The lowest BCUT2D eigenvalue weighted by Gasteiger charge is -2.37. The highest BCUT2D eigenvalue weighted by Gasteiger charge is 2.40. The number of hydrogen-bond acceptors (Lipinski definition) is 6. The average Bonchev–Trinajstić information content (AvgIpc) is 3.18. The number of nitrogens with one attached hydrogen (secondary N) is 1. The van der Waals surface area contributed by atoms with Crippen LogP contribution in [0.15, 0.2) is 34.4 Å². The van der Waals surface area contributed by atoms with Crippen LogP contribution in [0.5, 0.6) is 0 Å². The van der Waals surface area contributed by atoms with Crippen molar-refractivity contribution in [2.24, 2.45) is 10.1 Å². The molecule has 1 fully saturated rings. The Morgan fingerprint density at radius 3 is 2.66 bits per heavy atom. The second-order valence-electron chi connectivity index (χ2n) is 7.59. The first kappa shape index (κ1) is 24.0. The first-order chi connectivity index (χ1) is 15.2. The second kappa shape index (κ2) is 10.3. The molecule has 0 bridgehead atoms. The number of carbonyl (C=O) groups is 1. The number of hydrogen-bond donors (Lipinski definition) is 1. The minimum absolute atomic E-state index is 0.211. The van der Waals surface area contributed by atoms with E-state index in [2.05, 4.69) is 22.3 Å². The summed E-state index contributed by atoms with van der Waals surface area (Å²) in [6.07, 6.45) is 4.78. The van der Waals surface area contributed by atoms with Gasteiger partial charge >= 0.3 is 0 Å². The summed E-state index contributed by atoms with van der Waals surface area (Å²) in [7, 11) is -3.46. The van der Waals surface area contributed by atoms with Crippen LogP contribution < -0.4 is 5.32 Å². The number of aliphatic imine (C=N–C) groups is 1. The highest BCUT2D eigenvalue weighted by Crippen LogP contribution is 2.23. The van der Waals surface area contributed by atoms with Gasteiger partial charge in [0.25, 0.3) is 0 Å². The van der Waals surface area contributed by atoms with E-state index in [-0.39, 0.29) is 25.5 Å². The molecule has 1 amide bonds. The highest BCUT2D eigenvalue weighted by molar-refractivity contribution is 7.88. The smallest absolute Gasteiger partial charge is 0.238 e. The molecule has 12 heteroatoms. The molecule has 1 unspecified atom stereocenters. The normalized spacial score (nSPS) is 20.3. The Kier molecular flexibility index (Phi) is 7.71. The number of halogens is 1. The van der Waals surface area contributed by atoms with Crippen molar-refractivity contribution < 1.29 is 13.2 Å². The summed E-state index contributed by atoms with van der Waals surface area (Å²) >= 11 is 6.03. The van der Waals surface area contributed by atoms with Crippen LogP contribution in [0, 0.1) is 11.5 Å². The molecule has 2 aliphatic rings. The minimum atomic E-state index is -3.46. The third-order valence-corrected chi connectivity index (χ3v) is 6.81. The van der Waals surface area contributed by atoms with Crippen molar-refractivity contribution in [2.45, 2.75) is 25.8 Å². The summed E-state index contributed by atoms with van der Waals surface area (Å²) in [6, 6.07) is 6.70. The number of nitriles is 1. The SMILES string of the molecule is CCCCN/C(=N\C#N)N1CC(N2CCN(S(C)(=O)=O)CC2=O)C(c2ccc(Cl)cc2)=N1. The maximum Gasteiger partial charge on any atom is 0.238 e. The van der Waals surface area contributed by atoms with Crippen LogP contribution in [-0.2, 0) is 14.8 Å². The van der Waals surface area contributed by atoms with Crippen molar-refractivity contribution in [2.75, 3.05) is 39.0 Å². The Hall–Kier alpha value is -2.68. The molecule has 1 saturated heterocycles. The van der Waals surface area contributed by atoms with Crippen LogP contribution in [0.3, 0.4) is 0 Å². The molecule has 2 aliphatic heterocycles. The third-order valence-electron chi connectivity index (χ3n) is 5.31. The summed E-state index contributed by atoms with van der Waals surface area (Å²) in [5.41, 5.74) is 1.41. The monoisotopic (exact) mass is 479 g/mol. The van der Waals surface area contributed by atoms with Gasteiger partial charge < -0.3 is 10.2 Å². The first-order valence-corrected chi connectivity index (χ1v) is 12.5. The van der Waals surface area contributed by atoms with E-state index in [1.165, 1.54) is 4.31 Å². The predicted molar refractivity (Wildman–Crippen MR) is 123 cm³/mol. The van der Waals surface area contributed by atoms with Crippen molar-refractivity contribution in [3.05, 3.63) is 34.9 Å². The van der Waals surface area contributed by atoms with Crippen LogP contribution in [0.1, 0.15) is 25.3 Å². The summed E-state index contributed by atoms with van der Waals surface area (Å²) in [4.78, 5) is 18.4. The molecule has 10 nitrogen and oxygen atoms in total. The molecule has 1 N–H and O–H groups in total. The predicted octanol–water partition coefficient (Wildman–Crippen LogP) is 1.06. The van der Waals surface area contributed by atoms with Gasteiger partial charge in [0.05, 0.1) is 31.1 Å². The second-order valence-corrected chi connectivity index (χ2v) is 10.0. The van der Waals surface area contributed by atoms with Gasteiger partial charge in [-0.05, 0) is 18.6 Å². The van der Waals surface area contributed by atoms with Crippen LogP contribution in [0.4, 0.5) is 0 Å². The fourth-order valence-electron chi connectivity index (χ4n) is 3.63. The van der Waals surface area contributed by atoms with Gasteiger partial charge in [-0.1, -0.05) is 37.1 Å².